The van der Waals surface area contributed by atoms with Gasteiger partial charge in [-0.3, -0.25) is 9.59 Å². The molecule has 186 valence electrons. The topological polar surface area (TPSA) is 60.1 Å². The Kier molecular flexibility index (Phi) is 5.81. The molecule has 1 unspecified atom stereocenters. The maximum atomic E-state index is 14.6. The summed E-state index contributed by atoms with van der Waals surface area (Å²) in [6.07, 6.45) is 5.12. The highest BCUT2D eigenvalue weighted by atomic mass is 19.1. The molecule has 5 rings (SSSR count). The van der Waals surface area contributed by atoms with Gasteiger partial charge in [-0.1, -0.05) is 30.3 Å². The Hall–Kier alpha value is -3.74. The number of amides is 1. The molecule has 2 aromatic carbocycles. The summed E-state index contributed by atoms with van der Waals surface area (Å²) < 4.78 is 18.0. The number of likely N-dealkylation sites (tertiary alicyclic amines) is 1. The van der Waals surface area contributed by atoms with Crippen LogP contribution in [0.3, 0.4) is 0 Å². The number of carbonyl (C=O) groups excluding carboxylic acids is 1. The van der Waals surface area contributed by atoms with Gasteiger partial charge >= 0.3 is 0 Å². The second kappa shape index (κ2) is 8.73. The van der Waals surface area contributed by atoms with Gasteiger partial charge in [0, 0.05) is 43.2 Å². The van der Waals surface area contributed by atoms with Crippen molar-refractivity contribution in [3.8, 4) is 5.69 Å². The van der Waals surface area contributed by atoms with Gasteiger partial charge in [-0.15, -0.1) is 0 Å². The molecule has 1 aliphatic heterocycles. The quantitative estimate of drug-likeness (QED) is 0.418. The van der Waals surface area contributed by atoms with E-state index < -0.39 is 11.6 Å². The zero-order chi connectivity index (χ0) is 25.7. The summed E-state index contributed by atoms with van der Waals surface area (Å²) in [6, 6.07) is 17.9. The van der Waals surface area contributed by atoms with Crippen LogP contribution in [0, 0.1) is 6.92 Å². The zero-order valence-electron chi connectivity index (χ0n) is 21.2. The minimum Gasteiger partial charge on any atom is -0.339 e. The lowest BCUT2D eigenvalue weighted by atomic mass is 9.73. The van der Waals surface area contributed by atoms with Crippen LogP contribution in [-0.2, 0) is 23.7 Å². The van der Waals surface area contributed by atoms with Crippen LogP contribution < -0.4 is 5.56 Å². The number of aryl methyl sites for hydroxylation is 2. The average Bonchev–Trinajstić information content (AvgIpc) is 3.44. The molecule has 0 N–H and O–H groups in total. The summed E-state index contributed by atoms with van der Waals surface area (Å²) in [5.41, 5.74) is 2.88. The van der Waals surface area contributed by atoms with Crippen LogP contribution in [0.4, 0.5) is 4.39 Å². The number of rotatable bonds is 5. The summed E-state index contributed by atoms with van der Waals surface area (Å²) in [5, 5.41) is 5.59. The molecule has 0 bridgehead atoms. The molecular formula is C29H31FN4O2. The van der Waals surface area contributed by atoms with E-state index in [0.717, 1.165) is 40.6 Å². The van der Waals surface area contributed by atoms with Gasteiger partial charge in [0.1, 0.15) is 0 Å². The van der Waals surface area contributed by atoms with Crippen molar-refractivity contribution in [3.05, 3.63) is 94.0 Å². The number of halogens is 1. The van der Waals surface area contributed by atoms with Crippen molar-refractivity contribution >= 4 is 16.8 Å². The molecule has 4 aromatic rings. The van der Waals surface area contributed by atoms with Crippen LogP contribution >= 0.6 is 0 Å². The van der Waals surface area contributed by atoms with Crippen LogP contribution in [0.15, 0.2) is 71.8 Å². The number of pyridine rings is 1. The fourth-order valence-corrected chi connectivity index (χ4v) is 5.53. The van der Waals surface area contributed by atoms with Crippen molar-refractivity contribution < 1.29 is 9.18 Å². The van der Waals surface area contributed by atoms with Gasteiger partial charge in [0.05, 0.1) is 17.4 Å². The summed E-state index contributed by atoms with van der Waals surface area (Å²) in [4.78, 5) is 26.4. The first-order valence-electron chi connectivity index (χ1n) is 12.3. The highest BCUT2D eigenvalue weighted by Crippen LogP contribution is 2.41. The molecular weight excluding hydrogens is 455 g/mol. The third-order valence-electron chi connectivity index (χ3n) is 7.34. The van der Waals surface area contributed by atoms with Crippen molar-refractivity contribution in [1.29, 1.82) is 0 Å². The summed E-state index contributed by atoms with van der Waals surface area (Å²) >= 11 is 0. The highest BCUT2D eigenvalue weighted by molar-refractivity contribution is 5.85. The lowest BCUT2D eigenvalue weighted by Gasteiger charge is -2.33. The van der Waals surface area contributed by atoms with Crippen molar-refractivity contribution in [1.82, 2.24) is 19.2 Å². The number of carbonyl (C=O) groups is 1. The van der Waals surface area contributed by atoms with Crippen molar-refractivity contribution in [2.45, 2.75) is 44.7 Å². The first-order valence-corrected chi connectivity index (χ1v) is 12.3. The largest absolute Gasteiger partial charge is 0.339 e. The normalized spacial score (nSPS) is 18.2. The molecule has 2 aromatic heterocycles. The van der Waals surface area contributed by atoms with E-state index in [-0.39, 0.29) is 11.0 Å². The van der Waals surface area contributed by atoms with Crippen LogP contribution in [0.5, 0.6) is 0 Å². The van der Waals surface area contributed by atoms with Gasteiger partial charge in [0.25, 0.3) is 5.91 Å². The molecule has 1 aliphatic rings. The monoisotopic (exact) mass is 486 g/mol. The van der Waals surface area contributed by atoms with Crippen molar-refractivity contribution in [2.24, 2.45) is 7.05 Å². The van der Waals surface area contributed by atoms with E-state index in [2.05, 4.69) is 36.3 Å². The van der Waals surface area contributed by atoms with E-state index >= 15 is 0 Å². The molecule has 3 heterocycles. The van der Waals surface area contributed by atoms with E-state index in [4.69, 9.17) is 0 Å². The predicted octanol–water partition coefficient (Wildman–Crippen LogP) is 4.49. The molecule has 1 amide bonds. The van der Waals surface area contributed by atoms with Crippen LogP contribution in [0.1, 0.15) is 37.0 Å². The number of alkyl halides is 1. The lowest BCUT2D eigenvalue weighted by molar-refractivity contribution is -0.140. The smallest absolute Gasteiger partial charge is 0.259 e. The van der Waals surface area contributed by atoms with Gasteiger partial charge in [-0.05, 0) is 68.5 Å². The minimum atomic E-state index is -1.90. The number of fused-ring (bicyclic) bond motifs is 1. The molecule has 1 saturated heterocycles. The maximum Gasteiger partial charge on any atom is 0.259 e. The van der Waals surface area contributed by atoms with E-state index in [9.17, 15) is 14.0 Å². The maximum absolute atomic E-state index is 14.6. The Morgan fingerprint density at radius 1 is 1.14 bits per heavy atom. The Labute approximate surface area is 210 Å². The van der Waals surface area contributed by atoms with Crippen molar-refractivity contribution in [3.63, 3.8) is 0 Å². The van der Waals surface area contributed by atoms with Gasteiger partial charge in [-0.25, -0.2) is 9.07 Å². The van der Waals surface area contributed by atoms with Gasteiger partial charge in [-0.2, -0.15) is 5.10 Å². The number of benzene rings is 2. The van der Waals surface area contributed by atoms with Gasteiger partial charge in [0.2, 0.25) is 5.56 Å². The van der Waals surface area contributed by atoms with E-state index in [1.807, 2.05) is 29.1 Å². The highest BCUT2D eigenvalue weighted by Gasteiger charge is 2.45. The molecule has 6 nitrogen and oxygen atoms in total. The second-order valence-corrected chi connectivity index (χ2v) is 10.5. The van der Waals surface area contributed by atoms with Gasteiger partial charge in [0.15, 0.2) is 5.67 Å². The number of nitrogens with zero attached hydrogens (tertiary/aromatic N) is 4. The molecule has 7 heteroatoms. The van der Waals surface area contributed by atoms with Gasteiger partial charge < -0.3 is 9.47 Å². The van der Waals surface area contributed by atoms with Crippen LogP contribution in [-0.4, -0.2) is 43.9 Å². The Balaban J connectivity index is 1.60. The Morgan fingerprint density at radius 3 is 2.58 bits per heavy atom. The lowest BCUT2D eigenvalue weighted by Crippen LogP contribution is -2.43. The molecule has 1 fully saturated rings. The molecule has 0 spiro atoms. The average molecular weight is 487 g/mol. The number of hydrogen-bond acceptors (Lipinski definition) is 3. The molecule has 1 atom stereocenters. The Bertz CT molecular complexity index is 1500. The molecule has 0 aliphatic carbocycles. The SMILES string of the molecule is Cc1cc2c(cnn2-c2ccc(=O)n(C)c2)cc1C1(Cc2ccccc2)CCN(C(=O)C(C)(C)F)C1. The van der Waals surface area contributed by atoms with E-state index in [0.29, 0.717) is 13.1 Å². The summed E-state index contributed by atoms with van der Waals surface area (Å²) in [5.74, 6) is -0.460. The third kappa shape index (κ3) is 4.23. The zero-order valence-corrected chi connectivity index (χ0v) is 21.2. The molecule has 36 heavy (non-hydrogen) atoms. The van der Waals surface area contributed by atoms with E-state index in [1.54, 1.807) is 24.2 Å². The fourth-order valence-electron chi connectivity index (χ4n) is 5.53. The predicted molar refractivity (Wildman–Crippen MR) is 139 cm³/mol. The number of aromatic nitrogens is 3. The van der Waals surface area contributed by atoms with E-state index in [1.165, 1.54) is 30.0 Å². The summed E-state index contributed by atoms with van der Waals surface area (Å²) in [7, 11) is 1.72. The summed E-state index contributed by atoms with van der Waals surface area (Å²) in [6.45, 7) is 5.74. The second-order valence-electron chi connectivity index (χ2n) is 10.5. The minimum absolute atomic E-state index is 0.0756. The third-order valence-corrected chi connectivity index (χ3v) is 7.34. The van der Waals surface area contributed by atoms with Crippen LogP contribution in [0.2, 0.25) is 0 Å². The van der Waals surface area contributed by atoms with Crippen LogP contribution in [0.25, 0.3) is 16.6 Å². The Morgan fingerprint density at radius 2 is 1.89 bits per heavy atom. The standard InChI is InChI=1S/C29H31FN4O2/c1-20-14-25-22(17-31-34(25)23-10-11-26(35)32(4)18-23)15-24(20)29(16-21-8-6-5-7-9-21)12-13-33(19-29)27(36)28(2,3)30/h5-11,14-15,17-18H,12-13,16,19H2,1-4H3. The first kappa shape index (κ1) is 24.0. The molecule has 0 radical (unpaired) electrons. The first-order chi connectivity index (χ1) is 17.1. The van der Waals surface area contributed by atoms with Crippen molar-refractivity contribution in [2.75, 3.05) is 13.1 Å². The fraction of sp³-hybridized carbons (Fsp3) is 0.345. The molecule has 0 saturated carbocycles. The number of hydrogen-bond donors (Lipinski definition) is 0.